The van der Waals surface area contributed by atoms with Gasteiger partial charge in [0.15, 0.2) is 0 Å². The zero-order chi connectivity index (χ0) is 12.0. The largest absolute Gasteiger partial charge is 0.489 e. The summed E-state index contributed by atoms with van der Waals surface area (Å²) in [6, 6.07) is 7.12. The quantitative estimate of drug-likeness (QED) is 0.634. The van der Waals surface area contributed by atoms with E-state index in [-0.39, 0.29) is 5.91 Å². The fourth-order valence-electron chi connectivity index (χ4n) is 1.06. The van der Waals surface area contributed by atoms with Crippen LogP contribution in [-0.4, -0.2) is 17.9 Å². The lowest BCUT2D eigenvalue weighted by Crippen LogP contribution is -2.20. The van der Waals surface area contributed by atoms with Crippen LogP contribution in [0.15, 0.2) is 36.9 Å². The minimum Gasteiger partial charge on any atom is -0.489 e. The van der Waals surface area contributed by atoms with Crippen LogP contribution in [-0.2, 0) is 4.79 Å². The molecular weight excluding hydrogens is 226 g/mol. The van der Waals surface area contributed by atoms with E-state index in [9.17, 15) is 4.79 Å². The fourth-order valence-corrected chi connectivity index (χ4v) is 1.12. The predicted molar refractivity (Wildman–Crippen MR) is 66.1 cm³/mol. The van der Waals surface area contributed by atoms with Gasteiger partial charge in [0.1, 0.15) is 17.7 Å². The number of amides is 1. The molecule has 1 aromatic carbocycles. The highest BCUT2D eigenvalue weighted by atomic mass is 35.5. The number of rotatable bonds is 5. The van der Waals surface area contributed by atoms with Crippen molar-refractivity contribution in [3.8, 4) is 5.75 Å². The molecule has 1 N–H and O–H groups in total. The Hall–Kier alpha value is -1.48. The van der Waals surface area contributed by atoms with Gasteiger partial charge in [-0.2, -0.15) is 0 Å². The van der Waals surface area contributed by atoms with Crippen molar-refractivity contribution in [2.24, 2.45) is 0 Å². The average Bonchev–Trinajstić information content (AvgIpc) is 2.26. The molecule has 16 heavy (non-hydrogen) atoms. The van der Waals surface area contributed by atoms with Crippen molar-refractivity contribution < 1.29 is 9.53 Å². The molecule has 0 saturated heterocycles. The summed E-state index contributed by atoms with van der Waals surface area (Å²) >= 11 is 5.64. The maximum Gasteiger partial charge on any atom is 0.242 e. The normalized spacial score (nSPS) is 11.6. The van der Waals surface area contributed by atoms with Crippen molar-refractivity contribution in [3.05, 3.63) is 36.9 Å². The van der Waals surface area contributed by atoms with Gasteiger partial charge in [0.25, 0.3) is 0 Å². The summed E-state index contributed by atoms with van der Waals surface area (Å²) < 4.78 is 5.34. The van der Waals surface area contributed by atoms with E-state index in [1.165, 1.54) is 0 Å². The molecule has 0 heterocycles. The summed E-state index contributed by atoms with van der Waals surface area (Å²) in [5.74, 6) is 0.447. The summed E-state index contributed by atoms with van der Waals surface area (Å²) in [6.07, 6.45) is 1.66. The summed E-state index contributed by atoms with van der Waals surface area (Å²) in [7, 11) is 0. The molecule has 0 aromatic heterocycles. The van der Waals surface area contributed by atoms with Gasteiger partial charge in [0, 0.05) is 11.8 Å². The number of benzene rings is 1. The summed E-state index contributed by atoms with van der Waals surface area (Å²) in [5, 5.41) is 2.12. The number of nitrogens with one attached hydrogen (secondary N) is 1. The first kappa shape index (κ1) is 12.6. The molecule has 4 heteroatoms. The smallest absolute Gasteiger partial charge is 0.242 e. The van der Waals surface area contributed by atoms with Crippen molar-refractivity contribution in [1.82, 2.24) is 0 Å². The van der Waals surface area contributed by atoms with Crippen LogP contribution in [0.25, 0.3) is 0 Å². The van der Waals surface area contributed by atoms with Crippen LogP contribution in [0, 0.1) is 0 Å². The van der Waals surface area contributed by atoms with E-state index in [2.05, 4.69) is 11.9 Å². The Balaban J connectivity index is 2.66. The van der Waals surface area contributed by atoms with E-state index in [0.717, 1.165) is 0 Å². The van der Waals surface area contributed by atoms with Gasteiger partial charge in [0.2, 0.25) is 5.91 Å². The third kappa shape index (κ3) is 3.95. The van der Waals surface area contributed by atoms with Gasteiger partial charge in [-0.15, -0.1) is 11.6 Å². The Morgan fingerprint density at radius 2 is 2.44 bits per heavy atom. The van der Waals surface area contributed by atoms with Crippen molar-refractivity contribution in [2.45, 2.75) is 12.3 Å². The van der Waals surface area contributed by atoms with Crippen LogP contribution < -0.4 is 10.1 Å². The lowest BCUT2D eigenvalue weighted by Gasteiger charge is -2.08. The average molecular weight is 240 g/mol. The maximum absolute atomic E-state index is 11.3. The molecule has 0 aliphatic heterocycles. The topological polar surface area (TPSA) is 38.3 Å². The molecular formula is C12H14ClNO2. The zero-order valence-electron chi connectivity index (χ0n) is 9.07. The first-order valence-corrected chi connectivity index (χ1v) is 5.36. The molecule has 0 bridgehead atoms. The molecule has 1 unspecified atom stereocenters. The third-order valence-corrected chi connectivity index (χ3v) is 2.03. The van der Waals surface area contributed by atoms with Gasteiger partial charge in [-0.1, -0.05) is 18.7 Å². The second-order valence-corrected chi connectivity index (χ2v) is 3.89. The number of ether oxygens (including phenoxy) is 1. The summed E-state index contributed by atoms with van der Waals surface area (Å²) in [5.41, 5.74) is 0.666. The molecule has 0 spiro atoms. The molecule has 1 rings (SSSR count). The molecule has 0 aliphatic carbocycles. The van der Waals surface area contributed by atoms with E-state index in [1.807, 2.05) is 6.07 Å². The van der Waals surface area contributed by atoms with Gasteiger partial charge in [0.05, 0.1) is 0 Å². The highest BCUT2D eigenvalue weighted by molar-refractivity contribution is 6.32. The number of carbonyl (C=O) groups is 1. The Labute approximate surface area is 100 Å². The molecule has 86 valence electrons. The minimum absolute atomic E-state index is 0.234. The van der Waals surface area contributed by atoms with Crippen LogP contribution in [0.4, 0.5) is 5.69 Å². The van der Waals surface area contributed by atoms with Crippen molar-refractivity contribution >= 4 is 23.2 Å². The van der Waals surface area contributed by atoms with Crippen molar-refractivity contribution in [2.75, 3.05) is 11.9 Å². The first-order chi connectivity index (χ1) is 7.63. The highest BCUT2D eigenvalue weighted by Crippen LogP contribution is 2.17. The van der Waals surface area contributed by atoms with Crippen LogP contribution in [0.2, 0.25) is 0 Å². The minimum atomic E-state index is -0.558. The first-order valence-electron chi connectivity index (χ1n) is 4.92. The molecule has 0 radical (unpaired) electrons. The van der Waals surface area contributed by atoms with Gasteiger partial charge in [-0.25, -0.2) is 0 Å². The number of alkyl halides is 1. The number of carbonyl (C=O) groups excluding carboxylic acids is 1. The van der Waals surface area contributed by atoms with Gasteiger partial charge >= 0.3 is 0 Å². The second kappa shape index (κ2) is 6.18. The number of hydrogen-bond donors (Lipinski definition) is 1. The molecule has 1 amide bonds. The summed E-state index contributed by atoms with van der Waals surface area (Å²) in [6.45, 7) is 5.61. The van der Waals surface area contributed by atoms with E-state index < -0.39 is 5.38 Å². The number of anilines is 1. The Morgan fingerprint density at radius 3 is 3.06 bits per heavy atom. The zero-order valence-corrected chi connectivity index (χ0v) is 9.83. The Morgan fingerprint density at radius 1 is 1.69 bits per heavy atom. The maximum atomic E-state index is 11.3. The van der Waals surface area contributed by atoms with E-state index in [1.54, 1.807) is 31.2 Å². The Bertz CT molecular complexity index is 377. The van der Waals surface area contributed by atoms with Crippen LogP contribution >= 0.6 is 11.6 Å². The monoisotopic (exact) mass is 239 g/mol. The van der Waals surface area contributed by atoms with Crippen LogP contribution in [0.3, 0.4) is 0 Å². The number of halogens is 1. The van der Waals surface area contributed by atoms with Crippen molar-refractivity contribution in [3.63, 3.8) is 0 Å². The molecule has 1 atom stereocenters. The molecule has 3 nitrogen and oxygen atoms in total. The summed E-state index contributed by atoms with van der Waals surface area (Å²) in [4.78, 5) is 11.3. The predicted octanol–water partition coefficient (Wildman–Crippen LogP) is 2.82. The van der Waals surface area contributed by atoms with E-state index >= 15 is 0 Å². The standard InChI is InChI=1S/C12H14ClNO2/c1-3-7-16-11-6-4-5-10(8-11)14-12(15)9(2)13/h3-6,8-9H,1,7H2,2H3,(H,14,15). The molecule has 0 aliphatic rings. The highest BCUT2D eigenvalue weighted by Gasteiger charge is 2.09. The lowest BCUT2D eigenvalue weighted by molar-refractivity contribution is -0.115. The van der Waals surface area contributed by atoms with Crippen molar-refractivity contribution in [1.29, 1.82) is 0 Å². The van der Waals surface area contributed by atoms with E-state index in [0.29, 0.717) is 18.0 Å². The molecule has 0 saturated carbocycles. The van der Waals surface area contributed by atoms with Gasteiger partial charge in [-0.05, 0) is 19.1 Å². The SMILES string of the molecule is C=CCOc1cccc(NC(=O)C(C)Cl)c1. The van der Waals surface area contributed by atoms with Gasteiger partial charge < -0.3 is 10.1 Å². The number of hydrogen-bond acceptors (Lipinski definition) is 2. The fraction of sp³-hybridized carbons (Fsp3) is 0.250. The Kier molecular flexibility index (Phi) is 4.86. The second-order valence-electron chi connectivity index (χ2n) is 3.23. The van der Waals surface area contributed by atoms with Crippen LogP contribution in [0.1, 0.15) is 6.92 Å². The van der Waals surface area contributed by atoms with Gasteiger partial charge in [-0.3, -0.25) is 4.79 Å². The van der Waals surface area contributed by atoms with Crippen LogP contribution in [0.5, 0.6) is 5.75 Å². The lowest BCUT2D eigenvalue weighted by atomic mass is 10.3. The van der Waals surface area contributed by atoms with E-state index in [4.69, 9.17) is 16.3 Å². The molecule has 0 fully saturated rings. The molecule has 1 aromatic rings. The third-order valence-electron chi connectivity index (χ3n) is 1.83.